The van der Waals surface area contributed by atoms with Gasteiger partial charge in [-0.15, -0.1) is 0 Å². The van der Waals surface area contributed by atoms with Gasteiger partial charge in [0.2, 0.25) is 0 Å². The van der Waals surface area contributed by atoms with Crippen LogP contribution in [0.2, 0.25) is 0 Å². The van der Waals surface area contributed by atoms with E-state index >= 15 is 0 Å². The Kier molecular flexibility index (Phi) is 26.1. The molecule has 668 valence electrons. The fourth-order valence-corrected chi connectivity index (χ4v) is 35.0. The van der Waals surface area contributed by atoms with Crippen LogP contribution in [0, 0.1) is 185 Å². The lowest BCUT2D eigenvalue weighted by Crippen LogP contribution is -2.58. The van der Waals surface area contributed by atoms with Crippen LogP contribution >= 0.6 is 0 Å². The minimum absolute atomic E-state index is 0.0990. The third kappa shape index (κ3) is 16.3. The van der Waals surface area contributed by atoms with E-state index in [0.29, 0.717) is 228 Å². The Labute approximate surface area is 715 Å². The lowest BCUT2D eigenvalue weighted by atomic mass is 9.44. The lowest BCUT2D eigenvalue weighted by molar-refractivity contribution is -0.169. The molecule has 0 spiro atoms. The predicted octanol–water partition coefficient (Wildman–Crippen LogP) is 21.5. The monoisotopic (exact) mass is 1640 g/mol. The molecule has 17 aliphatic rings. The number of aliphatic hydroxyl groups excluding tert-OH is 3. The topological polar surface area (TPSA) is 233 Å². The molecule has 17 rings (SSSR count). The van der Waals surface area contributed by atoms with E-state index in [-0.39, 0.29) is 61.9 Å². The molecule has 0 aromatic rings. The minimum atomic E-state index is -1.05. The largest absolute Gasteiger partial charge is 0.393 e. The molecule has 0 amide bonds. The number of fused-ring (bicyclic) bond motifs is 20. The number of hydrogen-bond acceptors (Lipinski definition) is 13. The highest BCUT2D eigenvalue weighted by Gasteiger charge is 2.69. The molecular weight excluding hydrogens is 1470 g/mol. The van der Waals surface area contributed by atoms with Crippen LogP contribution in [0.25, 0.3) is 0 Å². The Bertz CT molecular complexity index is 3670. The molecule has 0 bridgehead atoms. The standard InChI is InChI=1S/C27H46O4.C27H44O4.C27H42O3.C24H38O2/c2*1-16(6-9-23(30)25(2,3)31)19-7-8-20-24-21(11-13-27(19,20)5)26(4)12-10-18(28)14-17(26)15-22(24)29;1-16(6-9-23-25(2,3)30-23)19-7-8-20-24-21(11-13-27(19,20)5)26(4)12-10-18(28)14-17(26)15-22(24)29;1-5-6-15(2)18-7-8-19-22-20(10-12-24(18,19)4)23(3)11-9-17(25)13-16(23)14-21(22)26/h16-17,19-24,29-31H,6-15H2,1-5H3;16-17,19-21,23-24,30-31H,6-15H2,1-5H3;16-17,19-21,23-24H,6-15H2,1-5H3;15-16,18-20,22H,5-14H2,1-4H3/t16-,17+,19-,20+,21+,22?,23?,24+,26+,27-;2*16-,17+,19-,20+,21+,23?,24+,26+,27-;15-,16+,18-,19+,20+,22+,23+,24-/m1111/s1. The van der Waals surface area contributed by atoms with Crippen molar-refractivity contribution >= 4 is 40.5 Å². The first-order valence-electron chi connectivity index (χ1n) is 49.9. The second-order valence-electron chi connectivity index (χ2n) is 49.5. The third-order valence-electron chi connectivity index (χ3n) is 42.6. The van der Waals surface area contributed by atoms with E-state index in [0.717, 1.165) is 94.8 Å². The number of aliphatic hydroxyl groups is 5. The van der Waals surface area contributed by atoms with Crippen molar-refractivity contribution in [3.63, 3.8) is 0 Å². The van der Waals surface area contributed by atoms with E-state index in [4.69, 9.17) is 4.74 Å². The van der Waals surface area contributed by atoms with E-state index in [1.54, 1.807) is 27.7 Å². The number of ketones is 7. The van der Waals surface area contributed by atoms with E-state index in [1.165, 1.54) is 116 Å². The number of rotatable bonds is 17. The van der Waals surface area contributed by atoms with Crippen molar-refractivity contribution in [3.8, 4) is 0 Å². The summed E-state index contributed by atoms with van der Waals surface area (Å²) in [6.45, 7) is 42.7. The Balaban J connectivity index is 0.000000130. The second-order valence-corrected chi connectivity index (χ2v) is 49.5. The first kappa shape index (κ1) is 91.7. The molecule has 5 N–H and O–H groups in total. The van der Waals surface area contributed by atoms with Crippen molar-refractivity contribution in [1.82, 2.24) is 0 Å². The average molecular weight is 1640 g/mol. The fourth-order valence-electron chi connectivity index (χ4n) is 35.0. The molecule has 118 heavy (non-hydrogen) atoms. The van der Waals surface area contributed by atoms with E-state index in [2.05, 4.69) is 104 Å². The average Bonchev–Trinajstić information content (AvgIpc) is 1.52. The van der Waals surface area contributed by atoms with Crippen molar-refractivity contribution in [2.45, 2.75) is 430 Å². The number of carbonyl (C=O) groups excluding carboxylic acids is 7. The van der Waals surface area contributed by atoms with Gasteiger partial charge in [-0.05, 0) is 383 Å². The van der Waals surface area contributed by atoms with E-state index < -0.39 is 23.4 Å². The number of ether oxygens (including phenoxy) is 1. The van der Waals surface area contributed by atoms with Gasteiger partial charge in [-0.1, -0.05) is 103 Å². The summed E-state index contributed by atoms with van der Waals surface area (Å²) in [5, 5.41) is 52.1. The lowest BCUT2D eigenvalue weighted by Gasteiger charge is -2.62. The molecule has 16 aliphatic carbocycles. The number of Topliss-reactive ketones (excluding diaryl/α,β-unsaturated/α-hetero) is 7. The quantitative estimate of drug-likeness (QED) is 0.0854. The number of carbonyl (C=O) groups is 7. The molecule has 16 saturated carbocycles. The SMILES string of the molecule is CCC[C@@H](C)[C@H]1CC[C@H]2[C@@H]3C(=O)C[C@@H]4CC(=O)CC[C@]4(C)[C@H]3CC[C@]12C.C[C@H](CCC(O)C(C)(C)O)[C@H]1CC[C@H]2[C@@H]3C(=O)C[C@@H]4CC(=O)CC[C@]4(C)[C@H]3CC[C@]12C.C[C@H](CCC(O)C(C)(C)O)[C@H]1CC[C@H]2[C@@H]3C(O)C[C@@H]4CC(=O)CC[C@]4(C)[C@H]3CC[C@]12C.C[C@H](CCC1OC1(C)C)[C@H]1CC[C@H]2[C@@H]3C(=O)C[C@@H]4CC(=O)CC[C@]4(C)[C@H]3CC[C@]12C. The van der Waals surface area contributed by atoms with Crippen molar-refractivity contribution in [3.05, 3.63) is 0 Å². The van der Waals surface area contributed by atoms with Crippen molar-refractivity contribution in [1.29, 1.82) is 0 Å². The van der Waals surface area contributed by atoms with E-state index in [9.17, 15) is 59.1 Å². The highest BCUT2D eigenvalue weighted by molar-refractivity contribution is 5.88. The smallest absolute Gasteiger partial charge is 0.136 e. The summed E-state index contributed by atoms with van der Waals surface area (Å²) < 4.78 is 5.83. The van der Waals surface area contributed by atoms with Gasteiger partial charge in [0.15, 0.2) is 0 Å². The minimum Gasteiger partial charge on any atom is -0.393 e. The zero-order chi connectivity index (χ0) is 85.7. The Hall–Kier alpha value is -2.55. The summed E-state index contributed by atoms with van der Waals surface area (Å²) in [5.41, 5.74) is -0.00809. The molecular formula is C105H170O13. The zero-order valence-electron chi connectivity index (χ0n) is 78.0. The molecule has 4 unspecified atom stereocenters. The number of hydrogen-bond donors (Lipinski definition) is 5. The normalized spacial score (nSPS) is 47.9. The van der Waals surface area contributed by atoms with Gasteiger partial charge in [0.25, 0.3) is 0 Å². The van der Waals surface area contributed by atoms with Gasteiger partial charge in [-0.25, -0.2) is 0 Å². The van der Waals surface area contributed by atoms with Crippen LogP contribution in [0.3, 0.4) is 0 Å². The summed E-state index contributed by atoms with van der Waals surface area (Å²) in [6.07, 6.45) is 39.0. The van der Waals surface area contributed by atoms with Crippen LogP contribution < -0.4 is 0 Å². The molecule has 1 saturated heterocycles. The first-order chi connectivity index (χ1) is 55.1. The summed E-state index contributed by atoms with van der Waals surface area (Å²) >= 11 is 0. The molecule has 0 aromatic carbocycles. The van der Waals surface area contributed by atoms with Crippen LogP contribution in [-0.4, -0.2) is 107 Å². The first-order valence-corrected chi connectivity index (χ1v) is 49.9. The summed E-state index contributed by atoms with van der Waals surface area (Å²) in [7, 11) is 0. The van der Waals surface area contributed by atoms with Crippen LogP contribution in [0.1, 0.15) is 388 Å². The molecule has 36 atom stereocenters. The molecule has 0 aromatic heterocycles. The maximum Gasteiger partial charge on any atom is 0.136 e. The highest BCUT2D eigenvalue weighted by Crippen LogP contribution is 2.73. The summed E-state index contributed by atoms with van der Waals surface area (Å²) in [5.74, 6) is 15.0. The van der Waals surface area contributed by atoms with Gasteiger partial charge in [0.05, 0.1) is 41.2 Å². The Morgan fingerprint density at radius 1 is 0.356 bits per heavy atom. The van der Waals surface area contributed by atoms with Gasteiger partial charge in [0, 0.05) is 88.4 Å². The fraction of sp³-hybridized carbons (Fsp3) is 0.933. The van der Waals surface area contributed by atoms with Crippen molar-refractivity contribution < 1.29 is 63.8 Å². The Morgan fingerprint density at radius 2 is 0.627 bits per heavy atom. The van der Waals surface area contributed by atoms with Gasteiger partial charge < -0.3 is 30.3 Å². The summed E-state index contributed by atoms with van der Waals surface area (Å²) in [6, 6.07) is 0. The summed E-state index contributed by atoms with van der Waals surface area (Å²) in [4.78, 5) is 88.6. The Morgan fingerprint density at radius 3 is 0.949 bits per heavy atom. The predicted molar refractivity (Wildman–Crippen MR) is 466 cm³/mol. The highest BCUT2D eigenvalue weighted by atomic mass is 16.6. The molecule has 13 nitrogen and oxygen atoms in total. The molecule has 17 fully saturated rings. The molecule has 13 heteroatoms. The van der Waals surface area contributed by atoms with Crippen LogP contribution in [-0.2, 0) is 38.3 Å². The van der Waals surface area contributed by atoms with Crippen LogP contribution in [0.4, 0.5) is 0 Å². The van der Waals surface area contributed by atoms with Crippen molar-refractivity contribution in [2.24, 2.45) is 185 Å². The van der Waals surface area contributed by atoms with Gasteiger partial charge >= 0.3 is 0 Å². The van der Waals surface area contributed by atoms with Gasteiger partial charge in [-0.3, -0.25) is 33.6 Å². The second kappa shape index (κ2) is 33.6. The zero-order valence-corrected chi connectivity index (χ0v) is 78.0. The van der Waals surface area contributed by atoms with Gasteiger partial charge in [0.1, 0.15) is 40.5 Å². The number of epoxide rings is 1. The van der Waals surface area contributed by atoms with Crippen molar-refractivity contribution in [2.75, 3.05) is 0 Å². The third-order valence-corrected chi connectivity index (χ3v) is 42.6. The van der Waals surface area contributed by atoms with Crippen LogP contribution in [0.15, 0.2) is 0 Å². The maximum absolute atomic E-state index is 13.5. The van der Waals surface area contributed by atoms with Crippen LogP contribution in [0.5, 0.6) is 0 Å². The molecule has 0 radical (unpaired) electrons. The molecule has 1 aliphatic heterocycles. The van der Waals surface area contributed by atoms with E-state index in [1.807, 2.05) is 0 Å². The molecule has 1 heterocycles. The maximum atomic E-state index is 13.5. The van der Waals surface area contributed by atoms with Gasteiger partial charge in [-0.2, -0.15) is 0 Å².